The number of carbonyl (C=O) groups is 2. The minimum atomic E-state index is -5.09. The van der Waals surface area contributed by atoms with E-state index in [2.05, 4.69) is 5.32 Å². The first-order chi connectivity index (χ1) is 8.82. The molecule has 0 unspecified atom stereocenters. The molecule has 7 heteroatoms. The van der Waals surface area contributed by atoms with Gasteiger partial charge in [-0.2, -0.15) is 13.2 Å². The first kappa shape index (κ1) is 13.4. The number of nitrogens with zero attached hydrogens (tertiary/aromatic N) is 1. The summed E-state index contributed by atoms with van der Waals surface area (Å²) in [5.74, 6) is -3.15. The lowest BCUT2D eigenvalue weighted by Crippen LogP contribution is -2.44. The van der Waals surface area contributed by atoms with Crippen molar-refractivity contribution in [2.45, 2.75) is 19.5 Å². The van der Waals surface area contributed by atoms with Gasteiger partial charge in [-0.15, -0.1) is 0 Å². The van der Waals surface area contributed by atoms with Crippen molar-refractivity contribution in [3.63, 3.8) is 0 Å². The van der Waals surface area contributed by atoms with Gasteiger partial charge in [0.05, 0.1) is 11.4 Å². The molecule has 1 N–H and O–H groups in total. The number of rotatable bonds is 1. The molecule has 19 heavy (non-hydrogen) atoms. The van der Waals surface area contributed by atoms with Crippen molar-refractivity contribution in [2.75, 3.05) is 16.8 Å². The minimum Gasteiger partial charge on any atom is -0.383 e. The Hall–Kier alpha value is -2.05. The Bertz CT molecular complexity index is 540. The zero-order valence-corrected chi connectivity index (χ0v) is 10.0. The minimum absolute atomic E-state index is 0.0511. The predicted octanol–water partition coefficient (Wildman–Crippen LogP) is 2.10. The lowest BCUT2D eigenvalue weighted by molar-refractivity contribution is -0.171. The largest absolute Gasteiger partial charge is 0.472 e. The number of hydrogen-bond donors (Lipinski definition) is 1. The standard InChI is InChI=1S/C12H11F3N2O2/c1-7(18)17(11(19)12(13,14)15)9-4-2-3-8-5-6-16-10(8)9/h2-4,16H,5-6H2,1H3. The normalized spacial score (nSPS) is 13.7. The molecule has 0 fully saturated rings. The van der Waals surface area contributed by atoms with Crippen LogP contribution in [0.1, 0.15) is 12.5 Å². The van der Waals surface area contributed by atoms with Crippen LogP contribution in [0.25, 0.3) is 0 Å². The van der Waals surface area contributed by atoms with Crippen LogP contribution in [-0.4, -0.2) is 24.5 Å². The lowest BCUT2D eigenvalue weighted by atomic mass is 10.1. The molecule has 0 atom stereocenters. The Kier molecular flexibility index (Phi) is 3.21. The van der Waals surface area contributed by atoms with E-state index in [1.165, 1.54) is 12.1 Å². The van der Waals surface area contributed by atoms with Crippen LogP contribution >= 0.6 is 0 Å². The molecular formula is C12H11F3N2O2. The van der Waals surface area contributed by atoms with Crippen molar-refractivity contribution in [1.29, 1.82) is 0 Å². The second-order valence-electron chi connectivity index (χ2n) is 4.15. The molecule has 0 saturated heterocycles. The average molecular weight is 272 g/mol. The summed E-state index contributed by atoms with van der Waals surface area (Å²) in [7, 11) is 0. The summed E-state index contributed by atoms with van der Waals surface area (Å²) in [4.78, 5) is 22.9. The highest BCUT2D eigenvalue weighted by molar-refractivity contribution is 6.17. The Labute approximate surface area is 107 Å². The number of halogens is 3. The summed E-state index contributed by atoms with van der Waals surface area (Å²) in [6.45, 7) is 1.50. The van der Waals surface area contributed by atoms with Crippen LogP contribution in [0, 0.1) is 0 Å². The number of fused-ring (bicyclic) bond motifs is 1. The topological polar surface area (TPSA) is 49.4 Å². The zero-order chi connectivity index (χ0) is 14.2. The molecule has 0 aliphatic carbocycles. The molecule has 0 bridgehead atoms. The van der Waals surface area contributed by atoms with Gasteiger partial charge in [0.15, 0.2) is 0 Å². The van der Waals surface area contributed by atoms with Crippen molar-refractivity contribution in [3.05, 3.63) is 23.8 Å². The zero-order valence-electron chi connectivity index (χ0n) is 10.0. The van der Waals surface area contributed by atoms with E-state index < -0.39 is 18.0 Å². The van der Waals surface area contributed by atoms with Gasteiger partial charge < -0.3 is 5.32 Å². The van der Waals surface area contributed by atoms with Crippen LogP contribution in [0.4, 0.5) is 24.5 Å². The van der Waals surface area contributed by atoms with E-state index in [1.807, 2.05) is 0 Å². The fourth-order valence-corrected chi connectivity index (χ4v) is 2.06. The Morgan fingerprint density at radius 1 is 1.32 bits per heavy atom. The molecule has 0 spiro atoms. The van der Waals surface area contributed by atoms with E-state index in [0.29, 0.717) is 18.7 Å². The van der Waals surface area contributed by atoms with Gasteiger partial charge in [-0.25, -0.2) is 4.90 Å². The molecule has 1 aliphatic rings. The molecule has 1 aliphatic heterocycles. The van der Waals surface area contributed by atoms with Crippen LogP contribution in [0.3, 0.4) is 0 Å². The maximum Gasteiger partial charge on any atom is 0.472 e. The highest BCUT2D eigenvalue weighted by Gasteiger charge is 2.45. The van der Waals surface area contributed by atoms with Crippen molar-refractivity contribution in [2.24, 2.45) is 0 Å². The lowest BCUT2D eigenvalue weighted by Gasteiger charge is -2.22. The quantitative estimate of drug-likeness (QED) is 0.851. The third kappa shape index (κ3) is 2.40. The van der Waals surface area contributed by atoms with E-state index in [4.69, 9.17) is 0 Å². The van der Waals surface area contributed by atoms with Crippen LogP contribution in [0.2, 0.25) is 0 Å². The molecule has 4 nitrogen and oxygen atoms in total. The second kappa shape index (κ2) is 4.56. The Balaban J connectivity index is 2.50. The number of alkyl halides is 3. The monoisotopic (exact) mass is 272 g/mol. The Morgan fingerprint density at radius 2 is 2.00 bits per heavy atom. The van der Waals surface area contributed by atoms with Gasteiger partial charge in [0, 0.05) is 13.5 Å². The molecule has 0 saturated carbocycles. The molecule has 0 aromatic heterocycles. The van der Waals surface area contributed by atoms with E-state index in [0.717, 1.165) is 12.5 Å². The highest BCUT2D eigenvalue weighted by atomic mass is 19.4. The van der Waals surface area contributed by atoms with Gasteiger partial charge in [0.25, 0.3) is 0 Å². The molecule has 2 amide bonds. The number of amides is 2. The second-order valence-corrected chi connectivity index (χ2v) is 4.15. The Morgan fingerprint density at radius 3 is 2.58 bits per heavy atom. The smallest absolute Gasteiger partial charge is 0.383 e. The summed E-state index contributed by atoms with van der Waals surface area (Å²) in [6, 6.07) is 4.60. The third-order valence-corrected chi connectivity index (χ3v) is 2.83. The maximum absolute atomic E-state index is 12.5. The molecule has 1 aromatic carbocycles. The summed E-state index contributed by atoms with van der Waals surface area (Å²) >= 11 is 0. The van der Waals surface area contributed by atoms with Gasteiger partial charge in [0.1, 0.15) is 0 Å². The summed E-state index contributed by atoms with van der Waals surface area (Å²) in [6.07, 6.45) is -4.44. The van der Waals surface area contributed by atoms with Gasteiger partial charge in [-0.3, -0.25) is 9.59 Å². The van der Waals surface area contributed by atoms with Crippen molar-refractivity contribution >= 4 is 23.2 Å². The molecule has 1 heterocycles. The third-order valence-electron chi connectivity index (χ3n) is 2.83. The van der Waals surface area contributed by atoms with Crippen LogP contribution in [0.15, 0.2) is 18.2 Å². The number of imide groups is 1. The first-order valence-corrected chi connectivity index (χ1v) is 5.60. The van der Waals surface area contributed by atoms with Gasteiger partial charge in [-0.05, 0) is 18.1 Å². The number of carbonyl (C=O) groups excluding carboxylic acids is 2. The number of benzene rings is 1. The first-order valence-electron chi connectivity index (χ1n) is 5.60. The van der Waals surface area contributed by atoms with Crippen molar-refractivity contribution in [3.8, 4) is 0 Å². The molecule has 102 valence electrons. The van der Waals surface area contributed by atoms with Crippen molar-refractivity contribution < 1.29 is 22.8 Å². The van der Waals surface area contributed by atoms with Gasteiger partial charge >= 0.3 is 12.1 Å². The van der Waals surface area contributed by atoms with Crippen molar-refractivity contribution in [1.82, 2.24) is 0 Å². The summed E-state index contributed by atoms with van der Waals surface area (Å²) < 4.78 is 37.6. The van der Waals surface area contributed by atoms with E-state index in [1.54, 1.807) is 6.07 Å². The highest BCUT2D eigenvalue weighted by Crippen LogP contribution is 2.35. The molecule has 2 rings (SSSR count). The molecule has 0 radical (unpaired) electrons. The van der Waals surface area contributed by atoms with Gasteiger partial charge in [-0.1, -0.05) is 12.1 Å². The molecular weight excluding hydrogens is 261 g/mol. The number of hydrogen-bond acceptors (Lipinski definition) is 3. The van der Waals surface area contributed by atoms with Crippen LogP contribution in [-0.2, 0) is 16.0 Å². The number of anilines is 2. The number of nitrogens with one attached hydrogen (secondary N) is 1. The van der Waals surface area contributed by atoms with E-state index in [9.17, 15) is 22.8 Å². The summed E-state index contributed by atoms with van der Waals surface area (Å²) in [5.41, 5.74) is 1.15. The van der Waals surface area contributed by atoms with Gasteiger partial charge in [0.2, 0.25) is 5.91 Å². The predicted molar refractivity (Wildman–Crippen MR) is 62.9 cm³/mol. The fraction of sp³-hybridized carbons (Fsp3) is 0.333. The SMILES string of the molecule is CC(=O)N(C(=O)C(F)(F)F)c1cccc2c1NCC2. The number of para-hydroxylation sites is 1. The van der Waals surface area contributed by atoms with E-state index in [-0.39, 0.29) is 10.6 Å². The van der Waals surface area contributed by atoms with E-state index >= 15 is 0 Å². The molecule has 1 aromatic rings. The maximum atomic E-state index is 12.5. The fourth-order valence-electron chi connectivity index (χ4n) is 2.06. The van der Waals surface area contributed by atoms with Crippen LogP contribution < -0.4 is 10.2 Å². The van der Waals surface area contributed by atoms with Crippen LogP contribution in [0.5, 0.6) is 0 Å². The average Bonchev–Trinajstić information content (AvgIpc) is 2.76. The summed E-state index contributed by atoms with van der Waals surface area (Å²) in [5, 5.41) is 2.90.